The number of benzene rings is 2. The molecule has 148 valence electrons. The SMILES string of the molecule is COc1ccc(-c2cc(-c3ccccc3)c3c(N)c(C#N)c(N)nc3n2)c(OC)c1. The van der Waals surface area contributed by atoms with Gasteiger partial charge in [0.1, 0.15) is 28.9 Å². The predicted molar refractivity (Wildman–Crippen MR) is 117 cm³/mol. The van der Waals surface area contributed by atoms with E-state index in [0.29, 0.717) is 28.2 Å². The fourth-order valence-corrected chi connectivity index (χ4v) is 3.42. The molecule has 0 unspecified atom stereocenters. The van der Waals surface area contributed by atoms with Gasteiger partial charge in [-0.2, -0.15) is 5.26 Å². The van der Waals surface area contributed by atoms with Crippen molar-refractivity contribution in [1.29, 1.82) is 5.26 Å². The van der Waals surface area contributed by atoms with Gasteiger partial charge in [0, 0.05) is 11.6 Å². The fourth-order valence-electron chi connectivity index (χ4n) is 3.42. The number of methoxy groups -OCH3 is 2. The molecule has 0 bridgehead atoms. The number of nitrogen functional groups attached to an aromatic ring is 2. The molecule has 0 saturated carbocycles. The number of pyridine rings is 2. The van der Waals surface area contributed by atoms with Crippen molar-refractivity contribution in [3.05, 3.63) is 60.2 Å². The Morgan fingerprint density at radius 3 is 2.33 bits per heavy atom. The maximum Gasteiger partial charge on any atom is 0.164 e. The number of nitrogens with zero attached hydrogens (tertiary/aromatic N) is 3. The predicted octanol–water partition coefficient (Wildman–Crippen LogP) is 4.02. The van der Waals surface area contributed by atoms with E-state index in [9.17, 15) is 5.26 Å². The van der Waals surface area contributed by atoms with Gasteiger partial charge in [-0.05, 0) is 29.3 Å². The molecule has 0 atom stereocenters. The van der Waals surface area contributed by atoms with Crippen LogP contribution in [0.15, 0.2) is 54.6 Å². The first-order chi connectivity index (χ1) is 14.6. The van der Waals surface area contributed by atoms with Crippen LogP contribution in [-0.4, -0.2) is 24.2 Å². The first-order valence-electron chi connectivity index (χ1n) is 9.15. The fraction of sp³-hybridized carbons (Fsp3) is 0.0870. The first-order valence-corrected chi connectivity index (χ1v) is 9.15. The molecular formula is C23H19N5O2. The van der Waals surface area contributed by atoms with E-state index < -0.39 is 0 Å². The Morgan fingerprint density at radius 1 is 0.900 bits per heavy atom. The van der Waals surface area contributed by atoms with Gasteiger partial charge >= 0.3 is 0 Å². The van der Waals surface area contributed by atoms with Gasteiger partial charge in [-0.15, -0.1) is 0 Å². The molecule has 4 rings (SSSR count). The number of nitriles is 1. The van der Waals surface area contributed by atoms with Crippen LogP contribution in [0.5, 0.6) is 11.5 Å². The molecule has 2 aromatic carbocycles. The highest BCUT2D eigenvalue weighted by atomic mass is 16.5. The lowest BCUT2D eigenvalue weighted by Crippen LogP contribution is -2.04. The monoisotopic (exact) mass is 397 g/mol. The minimum absolute atomic E-state index is 0.0489. The van der Waals surface area contributed by atoms with E-state index in [1.165, 1.54) is 0 Å². The highest BCUT2D eigenvalue weighted by molar-refractivity contribution is 6.05. The van der Waals surface area contributed by atoms with Gasteiger partial charge in [-0.25, -0.2) is 9.97 Å². The van der Waals surface area contributed by atoms with E-state index in [0.717, 1.165) is 16.7 Å². The third-order valence-electron chi connectivity index (χ3n) is 4.90. The number of nitrogens with two attached hydrogens (primary N) is 2. The van der Waals surface area contributed by atoms with Crippen LogP contribution in [0.2, 0.25) is 0 Å². The van der Waals surface area contributed by atoms with Gasteiger partial charge in [0.05, 0.1) is 31.0 Å². The van der Waals surface area contributed by atoms with E-state index in [2.05, 4.69) is 4.98 Å². The zero-order valence-corrected chi connectivity index (χ0v) is 16.5. The highest BCUT2D eigenvalue weighted by Gasteiger charge is 2.19. The average Bonchev–Trinajstić information content (AvgIpc) is 2.78. The first kappa shape index (κ1) is 19.0. The van der Waals surface area contributed by atoms with Crippen molar-refractivity contribution in [2.24, 2.45) is 0 Å². The third-order valence-corrected chi connectivity index (χ3v) is 4.90. The summed E-state index contributed by atoms with van der Waals surface area (Å²) in [7, 11) is 3.18. The van der Waals surface area contributed by atoms with Crippen molar-refractivity contribution in [1.82, 2.24) is 9.97 Å². The van der Waals surface area contributed by atoms with Crippen molar-refractivity contribution in [2.45, 2.75) is 0 Å². The number of ether oxygens (including phenoxy) is 2. The quantitative estimate of drug-likeness (QED) is 0.533. The van der Waals surface area contributed by atoms with Crippen LogP contribution in [0, 0.1) is 11.3 Å². The maximum atomic E-state index is 9.47. The van der Waals surface area contributed by atoms with Crippen LogP contribution in [0.4, 0.5) is 11.5 Å². The normalized spacial score (nSPS) is 10.6. The smallest absolute Gasteiger partial charge is 0.164 e. The number of anilines is 2. The Kier molecular flexibility index (Phi) is 4.82. The summed E-state index contributed by atoms with van der Waals surface area (Å²) in [5.41, 5.74) is 16.2. The Labute approximate surface area is 173 Å². The van der Waals surface area contributed by atoms with E-state index in [4.69, 9.17) is 25.9 Å². The Balaban J connectivity index is 2.09. The second-order valence-corrected chi connectivity index (χ2v) is 6.58. The van der Waals surface area contributed by atoms with E-state index in [-0.39, 0.29) is 17.1 Å². The minimum atomic E-state index is 0.0489. The van der Waals surface area contributed by atoms with Crippen LogP contribution >= 0.6 is 0 Å². The van der Waals surface area contributed by atoms with Gasteiger partial charge < -0.3 is 20.9 Å². The second kappa shape index (κ2) is 7.60. The zero-order valence-electron chi connectivity index (χ0n) is 16.5. The van der Waals surface area contributed by atoms with Crippen LogP contribution in [-0.2, 0) is 0 Å². The summed E-state index contributed by atoms with van der Waals surface area (Å²) in [5.74, 6) is 1.33. The van der Waals surface area contributed by atoms with Gasteiger partial charge in [0.25, 0.3) is 0 Å². The number of fused-ring (bicyclic) bond motifs is 1. The summed E-state index contributed by atoms with van der Waals surface area (Å²) in [4.78, 5) is 9.06. The standard InChI is InChI=1S/C23H19N5O2/c1-29-14-8-9-15(19(10-14)30-2)18-11-16(13-6-4-3-5-7-13)20-21(25)17(12-24)22(26)28-23(20)27-18/h3-11H,1-2H3,(H4,25,26,27,28). The maximum absolute atomic E-state index is 9.47. The molecule has 2 aromatic heterocycles. The summed E-state index contributed by atoms with van der Waals surface area (Å²) in [6, 6.07) is 19.2. The lowest BCUT2D eigenvalue weighted by atomic mass is 9.97. The molecule has 7 heteroatoms. The van der Waals surface area contributed by atoms with Crippen molar-refractivity contribution in [2.75, 3.05) is 25.7 Å². The zero-order chi connectivity index (χ0) is 21.3. The van der Waals surface area contributed by atoms with Crippen molar-refractivity contribution in [3.8, 4) is 40.0 Å². The van der Waals surface area contributed by atoms with Gasteiger partial charge in [-0.1, -0.05) is 30.3 Å². The lowest BCUT2D eigenvalue weighted by Gasteiger charge is -2.15. The minimum Gasteiger partial charge on any atom is -0.497 e. The molecule has 0 spiro atoms. The topological polar surface area (TPSA) is 120 Å². The number of hydrogen-bond donors (Lipinski definition) is 2. The second-order valence-electron chi connectivity index (χ2n) is 6.58. The van der Waals surface area contributed by atoms with Crippen LogP contribution in [0.25, 0.3) is 33.4 Å². The van der Waals surface area contributed by atoms with E-state index >= 15 is 0 Å². The average molecular weight is 397 g/mol. The molecule has 0 fully saturated rings. The number of rotatable bonds is 4. The van der Waals surface area contributed by atoms with Crippen molar-refractivity contribution in [3.63, 3.8) is 0 Å². The molecule has 30 heavy (non-hydrogen) atoms. The van der Waals surface area contributed by atoms with Crippen molar-refractivity contribution < 1.29 is 9.47 Å². The Bertz CT molecular complexity index is 1300. The summed E-state index contributed by atoms with van der Waals surface area (Å²) in [6.45, 7) is 0. The van der Waals surface area contributed by atoms with E-state index in [1.807, 2.05) is 54.6 Å². The molecule has 0 saturated heterocycles. The summed E-state index contributed by atoms with van der Waals surface area (Å²) in [6.07, 6.45) is 0. The molecule has 0 aliphatic rings. The summed E-state index contributed by atoms with van der Waals surface area (Å²) < 4.78 is 10.8. The molecule has 4 aromatic rings. The molecule has 0 aliphatic heterocycles. The molecule has 0 amide bonds. The largest absolute Gasteiger partial charge is 0.497 e. The molecule has 0 radical (unpaired) electrons. The van der Waals surface area contributed by atoms with Crippen LogP contribution < -0.4 is 20.9 Å². The number of hydrogen-bond acceptors (Lipinski definition) is 7. The van der Waals surface area contributed by atoms with Crippen LogP contribution in [0.3, 0.4) is 0 Å². The van der Waals surface area contributed by atoms with Crippen molar-refractivity contribution >= 4 is 22.5 Å². The molecule has 0 aliphatic carbocycles. The van der Waals surface area contributed by atoms with Crippen LogP contribution in [0.1, 0.15) is 5.56 Å². The molecule has 2 heterocycles. The third kappa shape index (κ3) is 3.10. The Hall–Kier alpha value is -4.31. The van der Waals surface area contributed by atoms with Gasteiger partial charge in [0.15, 0.2) is 5.65 Å². The van der Waals surface area contributed by atoms with Gasteiger partial charge in [-0.3, -0.25) is 0 Å². The highest BCUT2D eigenvalue weighted by Crippen LogP contribution is 2.39. The molecule has 7 nitrogen and oxygen atoms in total. The Morgan fingerprint density at radius 2 is 1.67 bits per heavy atom. The summed E-state index contributed by atoms with van der Waals surface area (Å²) >= 11 is 0. The lowest BCUT2D eigenvalue weighted by molar-refractivity contribution is 0.395. The molecular weight excluding hydrogens is 378 g/mol. The van der Waals surface area contributed by atoms with Gasteiger partial charge in [0.2, 0.25) is 0 Å². The molecule has 4 N–H and O–H groups in total. The number of aromatic nitrogens is 2. The van der Waals surface area contributed by atoms with E-state index in [1.54, 1.807) is 20.3 Å². The summed E-state index contributed by atoms with van der Waals surface area (Å²) in [5, 5.41) is 10.1.